The number of rotatable bonds is 5. The molecule has 63 heavy (non-hydrogen) atoms. The van der Waals surface area contributed by atoms with Gasteiger partial charge in [0.05, 0.1) is 22.1 Å². The van der Waals surface area contributed by atoms with Gasteiger partial charge in [0.25, 0.3) is 0 Å². The third-order valence-corrected chi connectivity index (χ3v) is 11.7. The lowest BCUT2D eigenvalue weighted by Crippen LogP contribution is -2.09. The third kappa shape index (κ3) is 6.95. The maximum atomic E-state index is 5.72. The fraction of sp³-hybridized carbons (Fsp3) is 0. The Morgan fingerprint density at radius 1 is 0.286 bits per heavy atom. The van der Waals surface area contributed by atoms with E-state index < -0.39 is 0 Å². The summed E-state index contributed by atoms with van der Waals surface area (Å²) in [5.41, 5.74) is 14.6. The Balaban J connectivity index is 0.834. The van der Waals surface area contributed by atoms with Crippen LogP contribution >= 0.6 is 0 Å². The standard InChI is InChI=1S/C60H37N3/c1-2-43-23-33-48(34-24-43)61(49-35-25-44(26-36-49)19-21-46-29-39-51(40-30-46)62-57-15-7-3-11-53(57)54-12-4-8-16-58(54)62)50-37-27-45(28-38-50)20-22-47-31-41-52(42-32-47)63-59-17-9-5-13-55(59)56-14-6-10-18-60(56)63/h1,3-18,23-42H. The average Bonchev–Trinajstić information content (AvgIpc) is 3.87. The monoisotopic (exact) mass is 799 g/mol. The van der Waals surface area contributed by atoms with Gasteiger partial charge >= 0.3 is 0 Å². The van der Waals surface area contributed by atoms with Crippen LogP contribution in [0.2, 0.25) is 0 Å². The maximum Gasteiger partial charge on any atom is 0.0541 e. The second kappa shape index (κ2) is 15.9. The molecule has 0 aliphatic carbocycles. The largest absolute Gasteiger partial charge is 0.311 e. The van der Waals surface area contributed by atoms with Crippen molar-refractivity contribution in [1.82, 2.24) is 9.13 Å². The highest BCUT2D eigenvalue weighted by atomic mass is 15.1. The number of fused-ring (bicyclic) bond motifs is 6. The van der Waals surface area contributed by atoms with Crippen LogP contribution in [-0.4, -0.2) is 9.13 Å². The van der Waals surface area contributed by atoms with Crippen molar-refractivity contribution in [2.45, 2.75) is 0 Å². The van der Waals surface area contributed by atoms with Crippen molar-refractivity contribution in [3.05, 3.63) is 246 Å². The van der Waals surface area contributed by atoms with Gasteiger partial charge in [0, 0.05) is 77.8 Å². The maximum absolute atomic E-state index is 5.72. The van der Waals surface area contributed by atoms with Gasteiger partial charge in [0.2, 0.25) is 0 Å². The molecular formula is C60H37N3. The fourth-order valence-electron chi connectivity index (χ4n) is 8.62. The molecule has 0 N–H and O–H groups in total. The van der Waals surface area contributed by atoms with E-state index in [2.05, 4.69) is 250 Å². The van der Waals surface area contributed by atoms with Crippen molar-refractivity contribution in [3.8, 4) is 47.4 Å². The van der Waals surface area contributed by atoms with Crippen molar-refractivity contribution < 1.29 is 0 Å². The predicted molar refractivity (Wildman–Crippen MR) is 263 cm³/mol. The van der Waals surface area contributed by atoms with Crippen LogP contribution in [0.25, 0.3) is 55.0 Å². The van der Waals surface area contributed by atoms with Gasteiger partial charge in [-0.05, 0) is 146 Å². The second-order valence-electron chi connectivity index (χ2n) is 15.5. The van der Waals surface area contributed by atoms with E-state index in [-0.39, 0.29) is 0 Å². The molecule has 0 aliphatic heterocycles. The van der Waals surface area contributed by atoms with E-state index in [9.17, 15) is 0 Å². The summed E-state index contributed by atoms with van der Waals surface area (Å²) in [7, 11) is 0. The summed E-state index contributed by atoms with van der Waals surface area (Å²) in [6.45, 7) is 0. The molecule has 9 aromatic carbocycles. The van der Waals surface area contributed by atoms with E-state index in [0.717, 1.165) is 56.3 Å². The predicted octanol–water partition coefficient (Wildman–Crippen LogP) is 14.1. The number of anilines is 3. The Bertz CT molecular complexity index is 3320. The van der Waals surface area contributed by atoms with Crippen molar-refractivity contribution in [2.75, 3.05) is 4.90 Å². The SMILES string of the molecule is C#Cc1ccc(N(c2ccc(C#Cc3ccc(-n4c5ccccc5c5ccccc54)cc3)cc2)c2ccc(C#Cc3ccc(-n4c5ccccc5c5ccccc54)cc3)cc2)cc1. The van der Waals surface area contributed by atoms with E-state index >= 15 is 0 Å². The number of terminal acetylenes is 1. The van der Waals surface area contributed by atoms with Crippen molar-refractivity contribution in [1.29, 1.82) is 0 Å². The van der Waals surface area contributed by atoms with Gasteiger partial charge in [-0.15, -0.1) is 6.42 Å². The van der Waals surface area contributed by atoms with Gasteiger partial charge < -0.3 is 14.0 Å². The van der Waals surface area contributed by atoms with Crippen LogP contribution in [0, 0.1) is 36.0 Å². The Hall–Kier alpha value is -8.94. The molecule has 0 radical (unpaired) electrons. The zero-order valence-corrected chi connectivity index (χ0v) is 34.2. The zero-order chi connectivity index (χ0) is 42.1. The van der Waals surface area contributed by atoms with E-state index in [1.807, 2.05) is 12.1 Å². The first kappa shape index (κ1) is 37.1. The minimum Gasteiger partial charge on any atom is -0.311 e. The quantitative estimate of drug-likeness (QED) is 0.158. The molecule has 3 heteroatoms. The summed E-state index contributed by atoms with van der Waals surface area (Å²) in [5, 5.41) is 5.00. The van der Waals surface area contributed by atoms with Crippen LogP contribution in [0.1, 0.15) is 27.8 Å². The van der Waals surface area contributed by atoms with Crippen LogP contribution < -0.4 is 4.90 Å². The van der Waals surface area contributed by atoms with Gasteiger partial charge in [-0.3, -0.25) is 0 Å². The lowest BCUT2D eigenvalue weighted by molar-refractivity contribution is 1.18. The highest BCUT2D eigenvalue weighted by Crippen LogP contribution is 2.36. The molecule has 0 unspecified atom stereocenters. The summed E-state index contributed by atoms with van der Waals surface area (Å²) in [6.07, 6.45) is 5.72. The van der Waals surface area contributed by atoms with Crippen LogP contribution in [0.3, 0.4) is 0 Å². The number of hydrogen-bond donors (Lipinski definition) is 0. The van der Waals surface area contributed by atoms with Crippen LogP contribution in [0.4, 0.5) is 17.1 Å². The van der Waals surface area contributed by atoms with Crippen LogP contribution in [0.5, 0.6) is 0 Å². The molecule has 0 atom stereocenters. The first-order valence-electron chi connectivity index (χ1n) is 21.0. The molecule has 292 valence electrons. The first-order valence-corrected chi connectivity index (χ1v) is 21.0. The molecule has 11 rings (SSSR count). The van der Waals surface area contributed by atoms with E-state index in [4.69, 9.17) is 6.42 Å². The minimum absolute atomic E-state index is 0.834. The minimum atomic E-state index is 0.834. The number of aromatic nitrogens is 2. The Morgan fingerprint density at radius 2 is 0.540 bits per heavy atom. The third-order valence-electron chi connectivity index (χ3n) is 11.7. The first-order chi connectivity index (χ1) is 31.2. The molecule has 0 saturated carbocycles. The molecule has 0 fully saturated rings. The topological polar surface area (TPSA) is 13.1 Å². The van der Waals surface area contributed by atoms with Gasteiger partial charge in [-0.2, -0.15) is 0 Å². The van der Waals surface area contributed by atoms with Gasteiger partial charge in [-0.25, -0.2) is 0 Å². The lowest BCUT2D eigenvalue weighted by Gasteiger charge is -2.25. The Morgan fingerprint density at radius 3 is 0.825 bits per heavy atom. The number of para-hydroxylation sites is 4. The molecule has 2 aromatic heterocycles. The average molecular weight is 800 g/mol. The summed E-state index contributed by atoms with van der Waals surface area (Å²) in [5.74, 6) is 16.3. The Labute approximate surface area is 366 Å². The molecule has 0 bridgehead atoms. The van der Waals surface area contributed by atoms with E-state index in [0.29, 0.717) is 0 Å². The van der Waals surface area contributed by atoms with Crippen LogP contribution in [-0.2, 0) is 0 Å². The molecule has 0 spiro atoms. The number of benzene rings is 9. The molecular weight excluding hydrogens is 763 g/mol. The molecule has 0 saturated heterocycles. The lowest BCUT2D eigenvalue weighted by atomic mass is 10.1. The van der Waals surface area contributed by atoms with Crippen molar-refractivity contribution in [2.24, 2.45) is 0 Å². The smallest absolute Gasteiger partial charge is 0.0541 e. The van der Waals surface area contributed by atoms with Crippen molar-refractivity contribution in [3.63, 3.8) is 0 Å². The molecule has 3 nitrogen and oxygen atoms in total. The van der Waals surface area contributed by atoms with Gasteiger partial charge in [-0.1, -0.05) is 102 Å². The molecule has 0 amide bonds. The fourth-order valence-corrected chi connectivity index (χ4v) is 8.62. The second-order valence-corrected chi connectivity index (χ2v) is 15.5. The highest BCUT2D eigenvalue weighted by molar-refractivity contribution is 6.10. The summed E-state index contributed by atoms with van der Waals surface area (Å²) in [6, 6.07) is 76.1. The number of hydrogen-bond acceptors (Lipinski definition) is 1. The zero-order valence-electron chi connectivity index (χ0n) is 34.2. The summed E-state index contributed by atoms with van der Waals surface area (Å²) < 4.78 is 4.64. The molecule has 2 heterocycles. The van der Waals surface area contributed by atoms with Gasteiger partial charge in [0.15, 0.2) is 0 Å². The Kier molecular flexibility index (Phi) is 9.37. The van der Waals surface area contributed by atoms with Crippen LogP contribution in [0.15, 0.2) is 218 Å². The van der Waals surface area contributed by atoms with E-state index in [1.165, 1.54) is 43.6 Å². The molecule has 11 aromatic rings. The molecule has 0 aliphatic rings. The number of nitrogens with zero attached hydrogens (tertiary/aromatic N) is 3. The summed E-state index contributed by atoms with van der Waals surface area (Å²) >= 11 is 0. The van der Waals surface area contributed by atoms with Gasteiger partial charge in [0.1, 0.15) is 0 Å². The summed E-state index contributed by atoms with van der Waals surface area (Å²) in [4.78, 5) is 2.22. The normalized spacial score (nSPS) is 10.9. The highest BCUT2D eigenvalue weighted by Gasteiger charge is 2.14. The van der Waals surface area contributed by atoms with E-state index in [1.54, 1.807) is 0 Å². The van der Waals surface area contributed by atoms with Crippen molar-refractivity contribution >= 4 is 60.7 Å².